The molecule has 1 atom stereocenters. The fourth-order valence-electron chi connectivity index (χ4n) is 2.58. The second-order valence-electron chi connectivity index (χ2n) is 4.71. The molecule has 1 aliphatic rings. The Morgan fingerprint density at radius 2 is 2.16 bits per heavy atom. The zero-order valence-electron chi connectivity index (χ0n) is 10.3. The van der Waals surface area contributed by atoms with E-state index >= 15 is 0 Å². The minimum Gasteiger partial charge on any atom is -0.493 e. The van der Waals surface area contributed by atoms with E-state index in [1.54, 1.807) is 22.7 Å². The first kappa shape index (κ1) is 11.5. The number of ether oxygens (including phenoxy) is 1. The highest BCUT2D eigenvalue weighted by Gasteiger charge is 2.22. The van der Waals surface area contributed by atoms with Gasteiger partial charge in [0.15, 0.2) is 0 Å². The Bertz CT molecular complexity index is 715. The summed E-state index contributed by atoms with van der Waals surface area (Å²) in [5.74, 6) is 1.01. The van der Waals surface area contributed by atoms with Crippen LogP contribution in [0.4, 0.5) is 0 Å². The van der Waals surface area contributed by atoms with Crippen LogP contribution in [-0.2, 0) is 6.42 Å². The van der Waals surface area contributed by atoms with Crippen LogP contribution in [0.15, 0.2) is 35.7 Å². The number of hydrogen-bond donors (Lipinski definition) is 1. The van der Waals surface area contributed by atoms with E-state index in [1.807, 2.05) is 0 Å². The van der Waals surface area contributed by atoms with Gasteiger partial charge in [0.2, 0.25) is 0 Å². The van der Waals surface area contributed by atoms with E-state index in [2.05, 4.69) is 35.7 Å². The minimum atomic E-state index is -0.0855. The molecule has 0 saturated heterocycles. The molecule has 0 bridgehead atoms. The lowest BCUT2D eigenvalue weighted by atomic mass is 10.0. The molecule has 0 aliphatic carbocycles. The van der Waals surface area contributed by atoms with Gasteiger partial charge in [0.1, 0.15) is 5.75 Å². The van der Waals surface area contributed by atoms with Gasteiger partial charge in [0.25, 0.3) is 0 Å². The average Bonchev–Trinajstić information content (AvgIpc) is 3.11. The number of nitrogens with two attached hydrogens (primary N) is 1. The number of rotatable bonds is 2. The maximum absolute atomic E-state index is 6.45. The lowest BCUT2D eigenvalue weighted by molar-refractivity contribution is 0.352. The van der Waals surface area contributed by atoms with Gasteiger partial charge in [-0.2, -0.15) is 0 Å². The van der Waals surface area contributed by atoms with Crippen LogP contribution in [0.2, 0.25) is 0 Å². The summed E-state index contributed by atoms with van der Waals surface area (Å²) in [7, 11) is 0. The maximum atomic E-state index is 6.45. The molecule has 0 saturated carbocycles. The van der Waals surface area contributed by atoms with Gasteiger partial charge in [-0.1, -0.05) is 18.2 Å². The molecule has 0 amide bonds. The van der Waals surface area contributed by atoms with Crippen molar-refractivity contribution >= 4 is 32.1 Å². The molecule has 0 spiro atoms. The highest BCUT2D eigenvalue weighted by Crippen LogP contribution is 2.39. The van der Waals surface area contributed by atoms with Crippen molar-refractivity contribution in [3.63, 3.8) is 0 Å². The summed E-state index contributed by atoms with van der Waals surface area (Å²) >= 11 is 3.55. The fourth-order valence-corrected chi connectivity index (χ4v) is 4.72. The maximum Gasteiger partial charge on any atom is 0.127 e. The van der Waals surface area contributed by atoms with Gasteiger partial charge in [-0.05, 0) is 23.1 Å². The summed E-state index contributed by atoms with van der Waals surface area (Å²) < 4.78 is 8.40. The third kappa shape index (κ3) is 1.79. The quantitative estimate of drug-likeness (QED) is 0.774. The molecule has 19 heavy (non-hydrogen) atoms. The van der Waals surface area contributed by atoms with Gasteiger partial charge in [-0.3, -0.25) is 0 Å². The van der Waals surface area contributed by atoms with Crippen molar-refractivity contribution in [1.82, 2.24) is 0 Å². The van der Waals surface area contributed by atoms with E-state index < -0.39 is 0 Å². The average molecular weight is 287 g/mol. The van der Waals surface area contributed by atoms with E-state index in [0.717, 1.165) is 24.3 Å². The second kappa shape index (κ2) is 4.34. The van der Waals surface area contributed by atoms with Crippen molar-refractivity contribution < 1.29 is 4.74 Å². The number of thiophene rings is 2. The van der Waals surface area contributed by atoms with E-state index in [4.69, 9.17) is 10.5 Å². The minimum absolute atomic E-state index is 0.0855. The van der Waals surface area contributed by atoms with Crippen LogP contribution < -0.4 is 10.5 Å². The van der Waals surface area contributed by atoms with Gasteiger partial charge in [0.05, 0.1) is 12.6 Å². The molecule has 96 valence electrons. The van der Waals surface area contributed by atoms with Crippen molar-refractivity contribution in [3.8, 4) is 5.75 Å². The van der Waals surface area contributed by atoms with E-state index in [0.29, 0.717) is 0 Å². The summed E-state index contributed by atoms with van der Waals surface area (Å²) in [4.78, 5) is 1.21. The SMILES string of the molecule is NC(c1cc2sccc2s1)c1cccc2c1OCC2. The topological polar surface area (TPSA) is 35.2 Å². The number of fused-ring (bicyclic) bond motifs is 2. The predicted molar refractivity (Wildman–Crippen MR) is 81.4 cm³/mol. The van der Waals surface area contributed by atoms with Crippen molar-refractivity contribution in [1.29, 1.82) is 0 Å². The second-order valence-corrected chi connectivity index (χ2v) is 6.77. The third-order valence-electron chi connectivity index (χ3n) is 3.54. The molecule has 4 heteroatoms. The van der Waals surface area contributed by atoms with Gasteiger partial charge < -0.3 is 10.5 Å². The molecule has 4 rings (SSSR count). The molecule has 0 fully saturated rings. The van der Waals surface area contributed by atoms with Crippen LogP contribution >= 0.6 is 22.7 Å². The van der Waals surface area contributed by atoms with E-state index in [1.165, 1.54) is 19.8 Å². The summed E-state index contributed by atoms with van der Waals surface area (Å²) in [5.41, 5.74) is 8.85. The first-order chi connectivity index (χ1) is 9.33. The lowest BCUT2D eigenvalue weighted by Gasteiger charge is -2.14. The summed E-state index contributed by atoms with van der Waals surface area (Å²) in [6.07, 6.45) is 0.995. The number of para-hydroxylation sites is 1. The Balaban J connectivity index is 1.80. The smallest absolute Gasteiger partial charge is 0.127 e. The molecular formula is C15H13NOS2. The molecule has 1 aromatic carbocycles. The van der Waals surface area contributed by atoms with Gasteiger partial charge >= 0.3 is 0 Å². The number of hydrogen-bond acceptors (Lipinski definition) is 4. The van der Waals surface area contributed by atoms with Crippen LogP contribution in [0.1, 0.15) is 22.0 Å². The van der Waals surface area contributed by atoms with Crippen molar-refractivity contribution in [2.45, 2.75) is 12.5 Å². The van der Waals surface area contributed by atoms with Crippen molar-refractivity contribution in [2.24, 2.45) is 5.73 Å². The fraction of sp³-hybridized carbons (Fsp3) is 0.200. The van der Waals surface area contributed by atoms with Crippen LogP contribution in [0.25, 0.3) is 9.40 Å². The highest BCUT2D eigenvalue weighted by atomic mass is 32.1. The van der Waals surface area contributed by atoms with Crippen LogP contribution in [-0.4, -0.2) is 6.61 Å². The van der Waals surface area contributed by atoms with E-state index in [-0.39, 0.29) is 6.04 Å². The van der Waals surface area contributed by atoms with E-state index in [9.17, 15) is 0 Å². The third-order valence-corrected chi connectivity index (χ3v) is 5.72. The predicted octanol–water partition coefficient (Wildman–Crippen LogP) is 3.95. The first-order valence-corrected chi connectivity index (χ1v) is 7.99. The van der Waals surface area contributed by atoms with Gasteiger partial charge in [-0.15, -0.1) is 22.7 Å². The van der Waals surface area contributed by atoms with Crippen molar-refractivity contribution in [2.75, 3.05) is 6.61 Å². The number of benzene rings is 1. The Labute approximate surface area is 119 Å². The zero-order valence-corrected chi connectivity index (χ0v) is 11.9. The molecule has 3 aromatic rings. The highest BCUT2D eigenvalue weighted by molar-refractivity contribution is 7.27. The molecule has 0 radical (unpaired) electrons. The molecule has 2 nitrogen and oxygen atoms in total. The normalized spacial score (nSPS) is 15.4. The van der Waals surface area contributed by atoms with Crippen LogP contribution in [0.3, 0.4) is 0 Å². The zero-order chi connectivity index (χ0) is 12.8. The standard InChI is InChI=1S/C15H13NOS2/c16-14(13-8-12-11(19-13)5-7-18-12)10-3-1-2-9-4-6-17-15(9)10/h1-3,5,7-8,14H,4,6,16H2. The molecule has 1 unspecified atom stereocenters. The molecular weight excluding hydrogens is 274 g/mol. The summed E-state index contributed by atoms with van der Waals surface area (Å²) in [6.45, 7) is 0.776. The Morgan fingerprint density at radius 1 is 1.21 bits per heavy atom. The van der Waals surface area contributed by atoms with Gasteiger partial charge in [0, 0.05) is 26.3 Å². The Kier molecular flexibility index (Phi) is 2.62. The lowest BCUT2D eigenvalue weighted by Crippen LogP contribution is -2.11. The first-order valence-electron chi connectivity index (χ1n) is 6.30. The van der Waals surface area contributed by atoms with Gasteiger partial charge in [-0.25, -0.2) is 0 Å². The monoisotopic (exact) mass is 287 g/mol. The Hall–Kier alpha value is -1.36. The van der Waals surface area contributed by atoms with Crippen molar-refractivity contribution in [3.05, 3.63) is 51.7 Å². The molecule has 1 aliphatic heterocycles. The Morgan fingerprint density at radius 3 is 3.05 bits per heavy atom. The summed E-state index contributed by atoms with van der Waals surface area (Å²) in [5, 5.41) is 2.12. The van der Waals surface area contributed by atoms with Crippen LogP contribution in [0, 0.1) is 0 Å². The summed E-state index contributed by atoms with van der Waals surface area (Å²) in [6, 6.07) is 10.6. The molecule has 2 aromatic heterocycles. The molecule has 2 N–H and O–H groups in total. The van der Waals surface area contributed by atoms with Crippen LogP contribution in [0.5, 0.6) is 5.75 Å². The molecule has 3 heterocycles. The largest absolute Gasteiger partial charge is 0.493 e.